The number of anilines is 1. The fraction of sp³-hybridized carbons (Fsp3) is 0.364. The van der Waals surface area contributed by atoms with Gasteiger partial charge in [0.25, 0.3) is 0 Å². The minimum atomic E-state index is 0.0751. The molecular weight excluding hydrogens is 338 g/mol. The Bertz CT molecular complexity index is 755. The van der Waals surface area contributed by atoms with Crippen LogP contribution >= 0.6 is 0 Å². The van der Waals surface area contributed by atoms with Crippen molar-refractivity contribution in [3.63, 3.8) is 0 Å². The molecule has 5 nitrogen and oxygen atoms in total. The third kappa shape index (κ3) is 5.93. The lowest BCUT2D eigenvalue weighted by atomic mass is 10.1. The Hall–Kier alpha value is -2.66. The van der Waals surface area contributed by atoms with Crippen LogP contribution in [0.5, 0.6) is 0 Å². The first-order valence-corrected chi connectivity index (χ1v) is 9.57. The Morgan fingerprint density at radius 3 is 2.30 bits per heavy atom. The van der Waals surface area contributed by atoms with E-state index >= 15 is 0 Å². The molecule has 0 bridgehead atoms. The fourth-order valence-corrected chi connectivity index (χ4v) is 3.01. The van der Waals surface area contributed by atoms with Crippen molar-refractivity contribution in [3.8, 4) is 0 Å². The Morgan fingerprint density at radius 2 is 1.67 bits per heavy atom. The summed E-state index contributed by atoms with van der Waals surface area (Å²) in [6, 6.07) is 17.7. The molecule has 0 atom stereocenters. The summed E-state index contributed by atoms with van der Waals surface area (Å²) in [6.07, 6.45) is 3.13. The van der Waals surface area contributed by atoms with Crippen LogP contribution in [0, 0.1) is 5.92 Å². The Labute approximate surface area is 160 Å². The van der Waals surface area contributed by atoms with E-state index in [1.807, 2.05) is 47.4 Å². The van der Waals surface area contributed by atoms with Crippen LogP contribution in [0.3, 0.4) is 0 Å². The van der Waals surface area contributed by atoms with E-state index in [1.54, 1.807) is 0 Å². The Balaban J connectivity index is 1.53. The second-order valence-corrected chi connectivity index (χ2v) is 7.04. The van der Waals surface area contributed by atoms with Crippen molar-refractivity contribution >= 4 is 17.5 Å². The van der Waals surface area contributed by atoms with Gasteiger partial charge in [0.15, 0.2) is 0 Å². The van der Waals surface area contributed by atoms with Gasteiger partial charge in [-0.1, -0.05) is 42.5 Å². The lowest BCUT2D eigenvalue weighted by Crippen LogP contribution is -2.37. The molecule has 0 heterocycles. The summed E-state index contributed by atoms with van der Waals surface area (Å²) < 4.78 is 0. The molecule has 27 heavy (non-hydrogen) atoms. The number of benzene rings is 2. The van der Waals surface area contributed by atoms with Gasteiger partial charge in [0.1, 0.15) is 0 Å². The molecule has 1 fully saturated rings. The number of rotatable bonds is 9. The molecule has 0 spiro atoms. The lowest BCUT2D eigenvalue weighted by Gasteiger charge is -2.22. The van der Waals surface area contributed by atoms with Crippen LogP contribution in [0.4, 0.5) is 5.69 Å². The first-order chi connectivity index (χ1) is 13.2. The van der Waals surface area contributed by atoms with E-state index in [-0.39, 0.29) is 17.7 Å². The molecule has 0 saturated heterocycles. The number of carbonyl (C=O) groups is 2. The summed E-state index contributed by atoms with van der Waals surface area (Å²) >= 11 is 0. The van der Waals surface area contributed by atoms with E-state index in [1.165, 1.54) is 5.56 Å². The van der Waals surface area contributed by atoms with Gasteiger partial charge >= 0.3 is 0 Å². The zero-order chi connectivity index (χ0) is 19.1. The maximum Gasteiger partial charge on any atom is 0.227 e. The van der Waals surface area contributed by atoms with Gasteiger partial charge in [0, 0.05) is 31.2 Å². The number of carbonyl (C=O) groups excluding carboxylic acids is 2. The van der Waals surface area contributed by atoms with Crippen LogP contribution in [-0.4, -0.2) is 36.3 Å². The maximum atomic E-state index is 12.7. The molecule has 1 saturated carbocycles. The van der Waals surface area contributed by atoms with Gasteiger partial charge in [-0.2, -0.15) is 0 Å². The number of nitrogens with two attached hydrogens (primary N) is 1. The van der Waals surface area contributed by atoms with E-state index in [4.69, 9.17) is 5.73 Å². The highest BCUT2D eigenvalue weighted by atomic mass is 16.2. The highest BCUT2D eigenvalue weighted by Gasteiger charge is 2.29. The summed E-state index contributed by atoms with van der Waals surface area (Å²) in [4.78, 5) is 26.3. The number of amides is 2. The lowest BCUT2D eigenvalue weighted by molar-refractivity contribution is -0.130. The zero-order valence-electron chi connectivity index (χ0n) is 15.6. The second-order valence-electron chi connectivity index (χ2n) is 7.04. The monoisotopic (exact) mass is 365 g/mol. The molecule has 142 valence electrons. The summed E-state index contributed by atoms with van der Waals surface area (Å²) in [5, 5.41) is 2.92. The van der Waals surface area contributed by atoms with Crippen LogP contribution in [-0.2, 0) is 22.4 Å². The molecule has 0 aliphatic heterocycles. The predicted molar refractivity (Wildman–Crippen MR) is 107 cm³/mol. The molecule has 0 radical (unpaired) electrons. The van der Waals surface area contributed by atoms with Crippen molar-refractivity contribution in [2.45, 2.75) is 25.7 Å². The van der Waals surface area contributed by atoms with Crippen molar-refractivity contribution in [1.82, 2.24) is 4.90 Å². The molecule has 1 aliphatic rings. The second kappa shape index (κ2) is 9.33. The number of nitrogens with one attached hydrogen (secondary N) is 1. The molecule has 2 aromatic carbocycles. The van der Waals surface area contributed by atoms with Crippen molar-refractivity contribution in [3.05, 3.63) is 65.7 Å². The zero-order valence-corrected chi connectivity index (χ0v) is 15.6. The predicted octanol–water partition coefficient (Wildman–Crippen LogP) is 2.61. The van der Waals surface area contributed by atoms with Crippen LogP contribution in [0.2, 0.25) is 0 Å². The van der Waals surface area contributed by atoms with Gasteiger partial charge in [0.2, 0.25) is 11.8 Å². The normalized spacial score (nSPS) is 13.2. The highest BCUT2D eigenvalue weighted by Crippen LogP contribution is 2.30. The third-order valence-electron chi connectivity index (χ3n) is 4.79. The largest absolute Gasteiger partial charge is 0.341 e. The van der Waals surface area contributed by atoms with Gasteiger partial charge in [-0.05, 0) is 42.5 Å². The SMILES string of the molecule is NCCN(CCc1ccccc1)C(=O)Cc1ccc(NC(=O)C2CC2)cc1. The average molecular weight is 365 g/mol. The minimum Gasteiger partial charge on any atom is -0.341 e. The topological polar surface area (TPSA) is 75.4 Å². The molecule has 3 rings (SSSR count). The van der Waals surface area contributed by atoms with Gasteiger partial charge < -0.3 is 16.0 Å². The van der Waals surface area contributed by atoms with Gasteiger partial charge in [0.05, 0.1) is 6.42 Å². The molecular formula is C22H27N3O2. The molecule has 0 unspecified atom stereocenters. The smallest absolute Gasteiger partial charge is 0.227 e. The van der Waals surface area contributed by atoms with Crippen LogP contribution in [0.15, 0.2) is 54.6 Å². The quantitative estimate of drug-likeness (QED) is 0.717. The number of hydrogen-bond donors (Lipinski definition) is 2. The Kier molecular flexibility index (Phi) is 6.60. The van der Waals surface area contributed by atoms with Crippen LogP contribution in [0.1, 0.15) is 24.0 Å². The van der Waals surface area contributed by atoms with E-state index in [9.17, 15) is 9.59 Å². The summed E-state index contributed by atoms with van der Waals surface area (Å²) in [5.74, 6) is 0.348. The highest BCUT2D eigenvalue weighted by molar-refractivity contribution is 5.94. The summed E-state index contributed by atoms with van der Waals surface area (Å²) in [7, 11) is 0. The first kappa shape index (κ1) is 19.1. The number of nitrogens with zero attached hydrogens (tertiary/aromatic N) is 1. The molecule has 2 aromatic rings. The third-order valence-corrected chi connectivity index (χ3v) is 4.79. The van der Waals surface area contributed by atoms with E-state index in [2.05, 4.69) is 17.4 Å². The number of hydrogen-bond acceptors (Lipinski definition) is 3. The van der Waals surface area contributed by atoms with Gasteiger partial charge in [-0.15, -0.1) is 0 Å². The van der Waals surface area contributed by atoms with Crippen LogP contribution in [0.25, 0.3) is 0 Å². The van der Waals surface area contributed by atoms with Gasteiger partial charge in [-0.25, -0.2) is 0 Å². The summed E-state index contributed by atoms with van der Waals surface area (Å²) in [5.41, 5.74) is 8.62. The first-order valence-electron chi connectivity index (χ1n) is 9.57. The summed E-state index contributed by atoms with van der Waals surface area (Å²) in [6.45, 7) is 1.67. The van der Waals surface area contributed by atoms with Gasteiger partial charge in [-0.3, -0.25) is 9.59 Å². The maximum absolute atomic E-state index is 12.7. The van der Waals surface area contributed by atoms with E-state index in [0.29, 0.717) is 26.1 Å². The molecule has 3 N–H and O–H groups in total. The average Bonchev–Trinajstić information content (AvgIpc) is 3.53. The van der Waals surface area contributed by atoms with Crippen LogP contribution < -0.4 is 11.1 Å². The minimum absolute atomic E-state index is 0.0751. The fourth-order valence-electron chi connectivity index (χ4n) is 3.01. The molecule has 1 aliphatic carbocycles. The van der Waals surface area contributed by atoms with Crippen molar-refractivity contribution < 1.29 is 9.59 Å². The van der Waals surface area contributed by atoms with E-state index in [0.717, 1.165) is 30.5 Å². The van der Waals surface area contributed by atoms with Crippen molar-refractivity contribution in [2.24, 2.45) is 11.7 Å². The molecule has 0 aromatic heterocycles. The Morgan fingerprint density at radius 1 is 0.963 bits per heavy atom. The van der Waals surface area contributed by atoms with Crippen molar-refractivity contribution in [2.75, 3.05) is 25.0 Å². The van der Waals surface area contributed by atoms with E-state index < -0.39 is 0 Å². The van der Waals surface area contributed by atoms with Crippen molar-refractivity contribution in [1.29, 1.82) is 0 Å². The molecule has 5 heteroatoms. The standard InChI is InChI=1S/C22H27N3O2/c23-13-15-25(14-12-17-4-2-1-3-5-17)21(26)16-18-6-10-20(11-7-18)24-22(27)19-8-9-19/h1-7,10-11,19H,8-9,12-16,23H2,(H,24,27). The molecule has 2 amide bonds.